The second kappa shape index (κ2) is 8.26. The number of hydrogen-bond acceptors (Lipinski definition) is 4. The first-order valence-corrected chi connectivity index (χ1v) is 9.35. The minimum atomic E-state index is -0.473. The predicted octanol–water partition coefficient (Wildman–Crippen LogP) is 3.87. The van der Waals surface area contributed by atoms with Crippen molar-refractivity contribution in [2.45, 2.75) is 20.3 Å². The molecule has 1 heterocycles. The van der Waals surface area contributed by atoms with Crippen LogP contribution in [0.15, 0.2) is 62.9 Å². The van der Waals surface area contributed by atoms with E-state index >= 15 is 0 Å². The Morgan fingerprint density at radius 2 is 1.93 bits per heavy atom. The molecular formula is C20H19BrN4O2. The summed E-state index contributed by atoms with van der Waals surface area (Å²) < 4.78 is 0.941. The van der Waals surface area contributed by atoms with Gasteiger partial charge in [0.25, 0.3) is 11.5 Å². The van der Waals surface area contributed by atoms with Crippen LogP contribution in [0.5, 0.6) is 0 Å². The second-order valence-corrected chi connectivity index (χ2v) is 7.47. The highest BCUT2D eigenvalue weighted by atomic mass is 79.9. The van der Waals surface area contributed by atoms with E-state index in [4.69, 9.17) is 0 Å². The largest absolute Gasteiger partial charge is 0.292 e. The SMILES string of the molecule is CC(C)C/C(=N\NC(=O)c1n[nH]c(=O)c2ccccc12)c1cccc(Br)c1. The van der Waals surface area contributed by atoms with Crippen LogP contribution in [-0.4, -0.2) is 21.8 Å². The summed E-state index contributed by atoms with van der Waals surface area (Å²) in [4.78, 5) is 24.5. The van der Waals surface area contributed by atoms with Gasteiger partial charge in [-0.1, -0.05) is 60.1 Å². The number of aromatic amines is 1. The fourth-order valence-corrected chi connectivity index (χ4v) is 3.14. The number of amides is 1. The summed E-state index contributed by atoms with van der Waals surface area (Å²) in [5.74, 6) is -0.106. The molecule has 3 rings (SSSR count). The molecule has 0 atom stereocenters. The Bertz CT molecular complexity index is 1070. The number of fused-ring (bicyclic) bond motifs is 1. The van der Waals surface area contributed by atoms with Gasteiger partial charge in [0.05, 0.1) is 11.1 Å². The molecule has 1 aromatic heterocycles. The Morgan fingerprint density at radius 1 is 1.19 bits per heavy atom. The highest BCUT2D eigenvalue weighted by Crippen LogP contribution is 2.16. The second-order valence-electron chi connectivity index (χ2n) is 6.55. The third-order valence-corrected chi connectivity index (χ3v) is 4.46. The Hall–Kier alpha value is -2.80. The van der Waals surface area contributed by atoms with Gasteiger partial charge in [-0.25, -0.2) is 10.5 Å². The number of benzene rings is 2. The fourth-order valence-electron chi connectivity index (χ4n) is 2.74. The number of hydrogen-bond donors (Lipinski definition) is 2. The quantitative estimate of drug-likeness (QED) is 0.479. The Morgan fingerprint density at radius 3 is 2.63 bits per heavy atom. The maximum atomic E-state index is 12.6. The number of carbonyl (C=O) groups is 1. The van der Waals surface area contributed by atoms with E-state index in [1.165, 1.54) is 0 Å². The number of H-pyrrole nitrogens is 1. The molecule has 0 bridgehead atoms. The molecule has 1 amide bonds. The van der Waals surface area contributed by atoms with Crippen LogP contribution in [0.4, 0.5) is 0 Å². The van der Waals surface area contributed by atoms with Crippen molar-refractivity contribution in [2.75, 3.05) is 0 Å². The number of aromatic nitrogens is 2. The number of carbonyl (C=O) groups excluding carboxylic acids is 1. The first kappa shape index (κ1) is 19.0. The fraction of sp³-hybridized carbons (Fsp3) is 0.200. The van der Waals surface area contributed by atoms with E-state index in [2.05, 4.69) is 50.5 Å². The van der Waals surface area contributed by atoms with Gasteiger partial charge in [0.1, 0.15) is 0 Å². The van der Waals surface area contributed by atoms with E-state index in [1.807, 2.05) is 24.3 Å². The van der Waals surface area contributed by atoms with Crippen LogP contribution >= 0.6 is 15.9 Å². The highest BCUT2D eigenvalue weighted by molar-refractivity contribution is 9.10. The summed E-state index contributed by atoms with van der Waals surface area (Å²) in [5, 5.41) is 11.5. The summed E-state index contributed by atoms with van der Waals surface area (Å²) in [5.41, 5.74) is 4.08. The minimum absolute atomic E-state index is 0.132. The number of halogens is 1. The average Bonchev–Trinajstić information content (AvgIpc) is 2.65. The molecule has 27 heavy (non-hydrogen) atoms. The zero-order valence-corrected chi connectivity index (χ0v) is 16.6. The third-order valence-electron chi connectivity index (χ3n) is 3.96. The molecule has 0 aliphatic rings. The zero-order valence-electron chi connectivity index (χ0n) is 15.0. The van der Waals surface area contributed by atoms with E-state index in [0.29, 0.717) is 23.1 Å². The molecule has 0 aliphatic carbocycles. The van der Waals surface area contributed by atoms with Gasteiger partial charge in [-0.05, 0) is 36.1 Å². The maximum absolute atomic E-state index is 12.6. The number of nitrogens with one attached hydrogen (secondary N) is 2. The van der Waals surface area contributed by atoms with Crippen molar-refractivity contribution in [3.8, 4) is 0 Å². The van der Waals surface area contributed by atoms with E-state index in [1.54, 1.807) is 24.3 Å². The van der Waals surface area contributed by atoms with E-state index < -0.39 is 5.91 Å². The van der Waals surface area contributed by atoms with Crippen LogP contribution in [0.1, 0.15) is 36.3 Å². The standard InChI is InChI=1S/C20H19BrN4O2/c1-12(2)10-17(13-6-5-7-14(21)11-13)22-25-20(27)18-15-8-3-4-9-16(15)19(26)24-23-18/h3-9,11-12H,10H2,1-2H3,(H,24,26)(H,25,27)/b22-17+. The molecule has 0 radical (unpaired) electrons. The van der Waals surface area contributed by atoms with Crippen LogP contribution in [-0.2, 0) is 0 Å². The van der Waals surface area contributed by atoms with Crippen LogP contribution < -0.4 is 11.0 Å². The summed E-state index contributed by atoms with van der Waals surface area (Å²) in [6, 6.07) is 14.6. The molecule has 0 saturated heterocycles. The Labute approximate surface area is 164 Å². The van der Waals surface area contributed by atoms with E-state index in [9.17, 15) is 9.59 Å². The molecular weight excluding hydrogens is 408 g/mol. The van der Waals surface area contributed by atoms with Crippen LogP contribution in [0, 0.1) is 5.92 Å². The smallest absolute Gasteiger partial charge is 0.267 e. The topological polar surface area (TPSA) is 87.2 Å². The van der Waals surface area contributed by atoms with Crippen molar-refractivity contribution in [1.29, 1.82) is 0 Å². The molecule has 6 nitrogen and oxygen atoms in total. The molecule has 7 heteroatoms. The lowest BCUT2D eigenvalue weighted by molar-refractivity contribution is 0.0950. The van der Waals surface area contributed by atoms with Crippen LogP contribution in [0.3, 0.4) is 0 Å². The number of hydrazone groups is 1. The highest BCUT2D eigenvalue weighted by Gasteiger charge is 2.14. The third kappa shape index (κ3) is 4.49. The lowest BCUT2D eigenvalue weighted by Gasteiger charge is -2.10. The van der Waals surface area contributed by atoms with Crippen LogP contribution in [0.2, 0.25) is 0 Å². The molecule has 0 saturated carbocycles. The van der Waals surface area contributed by atoms with Crippen molar-refractivity contribution in [3.63, 3.8) is 0 Å². The van der Waals surface area contributed by atoms with E-state index in [-0.39, 0.29) is 11.3 Å². The molecule has 0 unspecified atom stereocenters. The van der Waals surface area contributed by atoms with Gasteiger partial charge < -0.3 is 0 Å². The van der Waals surface area contributed by atoms with Crippen molar-refractivity contribution >= 4 is 38.3 Å². The van der Waals surface area contributed by atoms with Crippen LogP contribution in [0.25, 0.3) is 10.8 Å². The molecule has 2 N–H and O–H groups in total. The molecule has 0 fully saturated rings. The van der Waals surface area contributed by atoms with Gasteiger partial charge in [-0.2, -0.15) is 10.2 Å². The minimum Gasteiger partial charge on any atom is -0.267 e. The van der Waals surface area contributed by atoms with Crippen molar-refractivity contribution < 1.29 is 4.79 Å². The van der Waals surface area contributed by atoms with Gasteiger partial charge in [0.15, 0.2) is 5.69 Å². The predicted molar refractivity (Wildman–Crippen MR) is 110 cm³/mol. The Balaban J connectivity index is 1.94. The van der Waals surface area contributed by atoms with Gasteiger partial charge in [-0.3, -0.25) is 9.59 Å². The normalized spacial score (nSPS) is 11.8. The molecule has 138 valence electrons. The van der Waals surface area contributed by atoms with Gasteiger partial charge in [0, 0.05) is 9.86 Å². The number of nitrogens with zero attached hydrogens (tertiary/aromatic N) is 2. The summed E-state index contributed by atoms with van der Waals surface area (Å²) in [6.45, 7) is 4.18. The zero-order chi connectivity index (χ0) is 19.4. The summed E-state index contributed by atoms with van der Waals surface area (Å²) in [7, 11) is 0. The van der Waals surface area contributed by atoms with Gasteiger partial charge in [0.2, 0.25) is 0 Å². The molecule has 0 spiro atoms. The molecule has 0 aliphatic heterocycles. The van der Waals surface area contributed by atoms with Crippen molar-refractivity contribution in [2.24, 2.45) is 11.0 Å². The van der Waals surface area contributed by atoms with E-state index in [0.717, 1.165) is 15.7 Å². The van der Waals surface area contributed by atoms with Crippen molar-refractivity contribution in [3.05, 3.63) is 74.6 Å². The molecule has 3 aromatic rings. The summed E-state index contributed by atoms with van der Waals surface area (Å²) >= 11 is 3.46. The lowest BCUT2D eigenvalue weighted by atomic mass is 10.0. The van der Waals surface area contributed by atoms with Gasteiger partial charge >= 0.3 is 0 Å². The Kier molecular flexibility index (Phi) is 5.81. The monoisotopic (exact) mass is 426 g/mol. The van der Waals surface area contributed by atoms with Gasteiger partial charge in [-0.15, -0.1) is 0 Å². The first-order valence-electron chi connectivity index (χ1n) is 8.56. The van der Waals surface area contributed by atoms with Crippen molar-refractivity contribution in [1.82, 2.24) is 15.6 Å². The summed E-state index contributed by atoms with van der Waals surface area (Å²) in [6.07, 6.45) is 0.705. The lowest BCUT2D eigenvalue weighted by Crippen LogP contribution is -2.24. The molecule has 2 aromatic carbocycles. The average molecular weight is 427 g/mol. The first-order chi connectivity index (χ1) is 13.0. The number of rotatable bonds is 5. The maximum Gasteiger partial charge on any atom is 0.292 e.